The van der Waals surface area contributed by atoms with E-state index in [1.165, 1.54) is 7.11 Å². The molecule has 0 bridgehead atoms. The summed E-state index contributed by atoms with van der Waals surface area (Å²) >= 11 is 0. The molecule has 1 heterocycles. The van der Waals surface area contributed by atoms with Gasteiger partial charge in [-0.15, -0.1) is 0 Å². The van der Waals surface area contributed by atoms with E-state index in [1.807, 2.05) is 58.0 Å². The molecule has 0 aliphatic carbocycles. The molecule has 1 aliphatic rings. The fraction of sp³-hybridized carbons (Fsp3) is 0.375. The fourth-order valence-electron chi connectivity index (χ4n) is 2.23. The molecule has 1 fully saturated rings. The van der Waals surface area contributed by atoms with Crippen LogP contribution in [0, 0.1) is 6.92 Å². The number of nitrogens with zero attached hydrogens (tertiary/aromatic N) is 2. The zero-order valence-electron chi connectivity index (χ0n) is 12.6. The minimum absolute atomic E-state index is 0.0187. The van der Waals surface area contributed by atoms with Gasteiger partial charge in [0.1, 0.15) is 7.11 Å². The van der Waals surface area contributed by atoms with Crippen LogP contribution in [0.2, 0.25) is 0 Å². The number of hydrogen-bond donors (Lipinski definition) is 0. The third-order valence-corrected chi connectivity index (χ3v) is 3.09. The minimum atomic E-state index is -0.307. The summed E-state index contributed by atoms with van der Waals surface area (Å²) in [5.41, 5.74) is 2.43. The molecule has 0 unspecified atom stereocenters. The molecule has 1 saturated heterocycles. The Balaban J connectivity index is 2.38. The molecule has 4 heteroatoms. The van der Waals surface area contributed by atoms with Gasteiger partial charge in [0.15, 0.2) is 5.84 Å². The molecule has 20 heavy (non-hydrogen) atoms. The van der Waals surface area contributed by atoms with Crippen molar-refractivity contribution in [2.24, 2.45) is 5.16 Å². The molecule has 0 saturated carbocycles. The summed E-state index contributed by atoms with van der Waals surface area (Å²) in [5.74, 6) is 0.571. The van der Waals surface area contributed by atoms with Crippen molar-refractivity contribution in [3.8, 4) is 0 Å². The Hall–Kier alpha value is -2.10. The molecule has 106 valence electrons. The largest absolute Gasteiger partial charge is 0.397 e. The average molecular weight is 272 g/mol. The predicted octanol–water partition coefficient (Wildman–Crippen LogP) is 2.98. The first-order valence-electron chi connectivity index (χ1n) is 6.59. The van der Waals surface area contributed by atoms with Gasteiger partial charge in [0.2, 0.25) is 0 Å². The number of oxime groups is 1. The van der Waals surface area contributed by atoms with Crippen LogP contribution >= 0.6 is 0 Å². The van der Waals surface area contributed by atoms with Crippen molar-refractivity contribution in [1.29, 1.82) is 0 Å². The highest BCUT2D eigenvalue weighted by atomic mass is 16.6. The van der Waals surface area contributed by atoms with E-state index in [2.05, 4.69) is 5.16 Å². The van der Waals surface area contributed by atoms with Crippen LogP contribution in [0.3, 0.4) is 0 Å². The quantitative estimate of drug-likeness (QED) is 0.472. The maximum absolute atomic E-state index is 12.3. The zero-order chi connectivity index (χ0) is 14.9. The van der Waals surface area contributed by atoms with E-state index >= 15 is 0 Å². The SMILES string of the molecule is CO/N=C1\C(=C/c2cccc(C)c2)C(=O)N1C(C)(C)C. The number of carbonyl (C=O) groups excluding carboxylic acids is 1. The molecule has 0 radical (unpaired) electrons. The summed E-state index contributed by atoms with van der Waals surface area (Å²) in [5, 5.41) is 3.98. The van der Waals surface area contributed by atoms with Crippen molar-refractivity contribution in [1.82, 2.24) is 4.90 Å². The van der Waals surface area contributed by atoms with Gasteiger partial charge in [-0.1, -0.05) is 35.0 Å². The second-order valence-corrected chi connectivity index (χ2v) is 5.88. The standard InChI is InChI=1S/C16H20N2O2/c1-11-7-6-8-12(9-11)10-13-14(17-20-5)18(15(13)19)16(2,3)4/h6-10H,1-5H3/b13-10+,17-14+. The number of amides is 1. The van der Waals surface area contributed by atoms with E-state index in [0.717, 1.165) is 11.1 Å². The normalized spacial score (nSPS) is 19.4. The number of carbonyl (C=O) groups is 1. The highest BCUT2D eigenvalue weighted by Gasteiger charge is 2.45. The van der Waals surface area contributed by atoms with Gasteiger partial charge in [0, 0.05) is 5.54 Å². The van der Waals surface area contributed by atoms with Crippen molar-refractivity contribution in [3.05, 3.63) is 41.0 Å². The van der Waals surface area contributed by atoms with E-state index in [1.54, 1.807) is 4.90 Å². The molecule has 0 atom stereocenters. The van der Waals surface area contributed by atoms with E-state index in [-0.39, 0.29) is 11.4 Å². The molecule has 1 aliphatic heterocycles. The lowest BCUT2D eigenvalue weighted by atomic mass is 9.93. The molecule has 1 amide bonds. The average Bonchev–Trinajstić information content (AvgIpc) is 2.34. The van der Waals surface area contributed by atoms with Gasteiger partial charge in [-0.3, -0.25) is 9.69 Å². The monoisotopic (exact) mass is 272 g/mol. The van der Waals surface area contributed by atoms with Gasteiger partial charge in [-0.25, -0.2) is 0 Å². The maximum atomic E-state index is 12.3. The molecular weight excluding hydrogens is 252 g/mol. The summed E-state index contributed by atoms with van der Waals surface area (Å²) in [6, 6.07) is 8.00. The number of benzene rings is 1. The molecular formula is C16H20N2O2. The summed E-state index contributed by atoms with van der Waals surface area (Å²) in [7, 11) is 1.49. The van der Waals surface area contributed by atoms with E-state index < -0.39 is 0 Å². The van der Waals surface area contributed by atoms with Crippen LogP contribution in [0.4, 0.5) is 0 Å². The van der Waals surface area contributed by atoms with Gasteiger partial charge >= 0.3 is 0 Å². The van der Waals surface area contributed by atoms with Crippen molar-refractivity contribution in [3.63, 3.8) is 0 Å². The third kappa shape index (κ3) is 2.59. The second-order valence-electron chi connectivity index (χ2n) is 5.88. The molecule has 0 N–H and O–H groups in total. The number of β-lactam (4-membered cyclic amide) rings is 1. The van der Waals surface area contributed by atoms with Crippen LogP contribution in [0.1, 0.15) is 31.9 Å². The van der Waals surface area contributed by atoms with Crippen LogP contribution in [0.5, 0.6) is 0 Å². The minimum Gasteiger partial charge on any atom is -0.397 e. The first-order valence-corrected chi connectivity index (χ1v) is 6.59. The van der Waals surface area contributed by atoms with Crippen LogP contribution < -0.4 is 0 Å². The fourth-order valence-corrected chi connectivity index (χ4v) is 2.23. The van der Waals surface area contributed by atoms with Gasteiger partial charge in [0.25, 0.3) is 5.91 Å². The Morgan fingerprint density at radius 1 is 1.30 bits per heavy atom. The number of likely N-dealkylation sites (tertiary alicyclic amines) is 1. The Labute approximate surface area is 119 Å². The van der Waals surface area contributed by atoms with Gasteiger partial charge < -0.3 is 4.84 Å². The van der Waals surface area contributed by atoms with Crippen LogP contribution in [0.25, 0.3) is 6.08 Å². The molecule has 0 spiro atoms. The van der Waals surface area contributed by atoms with Gasteiger partial charge in [-0.2, -0.15) is 0 Å². The van der Waals surface area contributed by atoms with Crippen LogP contribution in [0.15, 0.2) is 35.0 Å². The van der Waals surface area contributed by atoms with E-state index in [4.69, 9.17) is 4.84 Å². The molecule has 4 nitrogen and oxygen atoms in total. The van der Waals surface area contributed by atoms with Crippen LogP contribution in [-0.2, 0) is 9.63 Å². The molecule has 1 aromatic carbocycles. The van der Waals surface area contributed by atoms with E-state index in [9.17, 15) is 4.79 Å². The molecule has 2 rings (SSSR count). The predicted molar refractivity (Wildman–Crippen MR) is 80.2 cm³/mol. The summed E-state index contributed by atoms with van der Waals surface area (Å²) < 4.78 is 0. The maximum Gasteiger partial charge on any atom is 0.263 e. The Bertz CT molecular complexity index is 595. The van der Waals surface area contributed by atoms with Gasteiger partial charge in [0.05, 0.1) is 5.57 Å². The lowest BCUT2D eigenvalue weighted by Gasteiger charge is -2.43. The van der Waals surface area contributed by atoms with Crippen molar-refractivity contribution in [2.45, 2.75) is 33.2 Å². The van der Waals surface area contributed by atoms with E-state index in [0.29, 0.717) is 11.4 Å². The summed E-state index contributed by atoms with van der Waals surface area (Å²) in [4.78, 5) is 18.8. The zero-order valence-corrected chi connectivity index (χ0v) is 12.6. The molecule has 0 aromatic heterocycles. The summed E-state index contributed by atoms with van der Waals surface area (Å²) in [6.07, 6.45) is 1.86. The molecule has 1 aromatic rings. The highest BCUT2D eigenvalue weighted by molar-refractivity contribution is 6.38. The Kier molecular flexibility index (Phi) is 3.66. The number of amidine groups is 1. The summed E-state index contributed by atoms with van der Waals surface area (Å²) in [6.45, 7) is 7.94. The van der Waals surface area contributed by atoms with Crippen molar-refractivity contribution >= 4 is 17.8 Å². The first kappa shape index (κ1) is 14.3. The van der Waals surface area contributed by atoms with Crippen molar-refractivity contribution in [2.75, 3.05) is 7.11 Å². The Morgan fingerprint density at radius 2 is 2.00 bits per heavy atom. The highest BCUT2D eigenvalue weighted by Crippen LogP contribution is 2.30. The third-order valence-electron chi connectivity index (χ3n) is 3.09. The lowest BCUT2D eigenvalue weighted by Crippen LogP contribution is -2.60. The first-order chi connectivity index (χ1) is 9.34. The Morgan fingerprint density at radius 3 is 2.55 bits per heavy atom. The van der Waals surface area contributed by atoms with Crippen LogP contribution in [-0.4, -0.2) is 29.3 Å². The number of hydrogen-bond acceptors (Lipinski definition) is 3. The number of aryl methyl sites for hydroxylation is 1. The smallest absolute Gasteiger partial charge is 0.263 e. The lowest BCUT2D eigenvalue weighted by molar-refractivity contribution is -0.129. The van der Waals surface area contributed by atoms with Gasteiger partial charge in [-0.05, 0) is 39.3 Å². The van der Waals surface area contributed by atoms with Crippen molar-refractivity contribution < 1.29 is 9.63 Å². The second kappa shape index (κ2) is 5.12. The topological polar surface area (TPSA) is 41.9 Å². The number of rotatable bonds is 2.